The average Bonchev–Trinajstić information content (AvgIpc) is 2.19. The number of hydrogen-bond donors (Lipinski definition) is 2. The monoisotopic (exact) mass is 216 g/mol. The van der Waals surface area contributed by atoms with Crippen molar-refractivity contribution in [2.24, 2.45) is 5.73 Å². The second-order valence-corrected chi connectivity index (χ2v) is 2.46. The first-order chi connectivity index (χ1) is 7.17. The summed E-state index contributed by atoms with van der Waals surface area (Å²) in [6.45, 7) is 3.70. The summed E-state index contributed by atoms with van der Waals surface area (Å²) in [6.07, 6.45) is 2.45. The molecule has 6 nitrogen and oxygen atoms in total. The van der Waals surface area contributed by atoms with E-state index < -0.39 is 18.0 Å². The number of esters is 2. The Hall–Kier alpha value is -1.72. The Morgan fingerprint density at radius 3 is 2.07 bits per heavy atom. The average molecular weight is 216 g/mol. The van der Waals surface area contributed by atoms with Crippen molar-refractivity contribution in [3.8, 4) is 0 Å². The van der Waals surface area contributed by atoms with Crippen LogP contribution in [0, 0.1) is 0 Å². The largest absolute Gasteiger partial charge is 0.464 e. The number of ether oxygens (including phenoxy) is 2. The first-order valence-corrected chi connectivity index (χ1v) is 4.63. The molecular weight excluding hydrogens is 200 g/mol. The van der Waals surface area contributed by atoms with Gasteiger partial charge in [-0.15, -0.1) is 0 Å². The molecule has 0 aromatic carbocycles. The molecule has 0 aliphatic rings. The minimum absolute atomic E-state index is 0.197. The van der Waals surface area contributed by atoms with E-state index in [1.165, 1.54) is 12.4 Å². The molecule has 0 aromatic rings. The number of nitrogens with two attached hydrogens (primary N) is 1. The predicted octanol–water partition coefficient (Wildman–Crippen LogP) is -0.499. The Kier molecular flexibility index (Phi) is 6.78. The highest BCUT2D eigenvalue weighted by molar-refractivity contribution is 5.99. The molecule has 0 aliphatic heterocycles. The van der Waals surface area contributed by atoms with Crippen molar-refractivity contribution < 1.29 is 19.1 Å². The van der Waals surface area contributed by atoms with Crippen LogP contribution in [0.1, 0.15) is 13.8 Å². The molecule has 0 rings (SSSR count). The quantitative estimate of drug-likeness (QED) is 0.459. The van der Waals surface area contributed by atoms with Crippen LogP contribution in [0.4, 0.5) is 0 Å². The molecule has 6 heteroatoms. The van der Waals surface area contributed by atoms with E-state index in [9.17, 15) is 9.59 Å². The van der Waals surface area contributed by atoms with Crippen LogP contribution < -0.4 is 11.1 Å². The van der Waals surface area contributed by atoms with Crippen molar-refractivity contribution in [3.05, 3.63) is 12.4 Å². The SMILES string of the molecule is CCOC(=O)C(N/C=C/N)C(=O)OCC. The van der Waals surface area contributed by atoms with Gasteiger partial charge in [-0.2, -0.15) is 0 Å². The minimum Gasteiger partial charge on any atom is -0.464 e. The fraction of sp³-hybridized carbons (Fsp3) is 0.556. The van der Waals surface area contributed by atoms with Gasteiger partial charge in [0.05, 0.1) is 13.2 Å². The molecule has 0 saturated carbocycles. The van der Waals surface area contributed by atoms with Crippen LogP contribution in [0.3, 0.4) is 0 Å². The maximum absolute atomic E-state index is 11.3. The second-order valence-electron chi connectivity index (χ2n) is 2.46. The van der Waals surface area contributed by atoms with Crippen LogP contribution in [0.5, 0.6) is 0 Å². The zero-order valence-electron chi connectivity index (χ0n) is 8.86. The summed E-state index contributed by atoms with van der Waals surface area (Å²) < 4.78 is 9.38. The van der Waals surface area contributed by atoms with Crippen LogP contribution >= 0.6 is 0 Å². The van der Waals surface area contributed by atoms with Gasteiger partial charge in [0.15, 0.2) is 0 Å². The second kappa shape index (κ2) is 7.66. The molecule has 0 unspecified atom stereocenters. The Morgan fingerprint density at radius 1 is 1.27 bits per heavy atom. The van der Waals surface area contributed by atoms with Gasteiger partial charge in [-0.05, 0) is 13.8 Å². The van der Waals surface area contributed by atoms with E-state index in [-0.39, 0.29) is 13.2 Å². The summed E-state index contributed by atoms with van der Waals surface area (Å²) >= 11 is 0. The van der Waals surface area contributed by atoms with E-state index in [0.29, 0.717) is 0 Å². The third-order valence-electron chi connectivity index (χ3n) is 1.40. The molecule has 15 heavy (non-hydrogen) atoms. The van der Waals surface area contributed by atoms with Gasteiger partial charge >= 0.3 is 11.9 Å². The third-order valence-corrected chi connectivity index (χ3v) is 1.40. The maximum atomic E-state index is 11.3. The summed E-state index contributed by atoms with van der Waals surface area (Å²) in [5.41, 5.74) is 5.08. The number of hydrogen-bond acceptors (Lipinski definition) is 6. The Bertz CT molecular complexity index is 222. The van der Waals surface area contributed by atoms with Crippen LogP contribution in [-0.4, -0.2) is 31.2 Å². The molecule has 0 radical (unpaired) electrons. The highest BCUT2D eigenvalue weighted by atomic mass is 16.6. The lowest BCUT2D eigenvalue weighted by Crippen LogP contribution is -2.43. The van der Waals surface area contributed by atoms with E-state index in [2.05, 4.69) is 5.32 Å². The zero-order chi connectivity index (χ0) is 11.7. The zero-order valence-corrected chi connectivity index (χ0v) is 8.86. The Morgan fingerprint density at radius 2 is 1.73 bits per heavy atom. The fourth-order valence-electron chi connectivity index (χ4n) is 0.835. The minimum atomic E-state index is -1.16. The van der Waals surface area contributed by atoms with Gasteiger partial charge in [0.1, 0.15) is 0 Å². The molecule has 0 atom stereocenters. The molecular formula is C9H16N2O4. The summed E-state index contributed by atoms with van der Waals surface area (Å²) in [5.74, 6) is -1.37. The van der Waals surface area contributed by atoms with E-state index in [1.54, 1.807) is 13.8 Å². The highest BCUT2D eigenvalue weighted by Crippen LogP contribution is 1.94. The van der Waals surface area contributed by atoms with Crippen LogP contribution in [0.25, 0.3) is 0 Å². The first-order valence-electron chi connectivity index (χ1n) is 4.63. The molecule has 0 spiro atoms. The van der Waals surface area contributed by atoms with Gasteiger partial charge in [0.25, 0.3) is 0 Å². The Labute approximate surface area is 88.4 Å². The molecule has 0 aromatic heterocycles. The van der Waals surface area contributed by atoms with Crippen molar-refractivity contribution in [1.82, 2.24) is 5.32 Å². The van der Waals surface area contributed by atoms with Crippen molar-refractivity contribution in [3.63, 3.8) is 0 Å². The van der Waals surface area contributed by atoms with Gasteiger partial charge in [0, 0.05) is 12.4 Å². The third kappa shape index (κ3) is 4.90. The van der Waals surface area contributed by atoms with E-state index in [1.807, 2.05) is 0 Å². The van der Waals surface area contributed by atoms with Crippen molar-refractivity contribution in [1.29, 1.82) is 0 Å². The lowest BCUT2D eigenvalue weighted by Gasteiger charge is -2.13. The molecule has 86 valence electrons. The summed E-state index contributed by atoms with van der Waals surface area (Å²) in [6, 6.07) is -1.16. The summed E-state index contributed by atoms with van der Waals surface area (Å²) in [5, 5.41) is 2.48. The highest BCUT2D eigenvalue weighted by Gasteiger charge is 2.27. The van der Waals surface area contributed by atoms with Gasteiger partial charge < -0.3 is 20.5 Å². The molecule has 0 heterocycles. The van der Waals surface area contributed by atoms with E-state index in [4.69, 9.17) is 15.2 Å². The number of carbonyl (C=O) groups is 2. The van der Waals surface area contributed by atoms with Gasteiger partial charge in [-0.1, -0.05) is 0 Å². The maximum Gasteiger partial charge on any atom is 0.340 e. The molecule has 0 bridgehead atoms. The van der Waals surface area contributed by atoms with E-state index >= 15 is 0 Å². The lowest BCUT2D eigenvalue weighted by molar-refractivity contribution is -0.157. The molecule has 0 aliphatic carbocycles. The smallest absolute Gasteiger partial charge is 0.340 e. The number of rotatable bonds is 6. The van der Waals surface area contributed by atoms with Gasteiger partial charge in [-0.25, -0.2) is 9.59 Å². The fourth-order valence-corrected chi connectivity index (χ4v) is 0.835. The van der Waals surface area contributed by atoms with Crippen molar-refractivity contribution in [2.45, 2.75) is 19.9 Å². The number of carbonyl (C=O) groups excluding carboxylic acids is 2. The normalized spacial score (nSPS) is 10.3. The first kappa shape index (κ1) is 13.3. The summed E-state index contributed by atoms with van der Waals surface area (Å²) in [7, 11) is 0. The van der Waals surface area contributed by atoms with Gasteiger partial charge in [-0.3, -0.25) is 0 Å². The van der Waals surface area contributed by atoms with Crippen molar-refractivity contribution >= 4 is 11.9 Å². The standard InChI is InChI=1S/C9H16N2O4/c1-3-14-8(12)7(11-6-5-10)9(13)15-4-2/h5-7,11H,3-4,10H2,1-2H3/b6-5+. The molecule has 3 N–H and O–H groups in total. The lowest BCUT2D eigenvalue weighted by atomic mass is 10.3. The van der Waals surface area contributed by atoms with Crippen molar-refractivity contribution in [2.75, 3.05) is 13.2 Å². The Balaban J connectivity index is 4.41. The predicted molar refractivity (Wildman–Crippen MR) is 53.5 cm³/mol. The molecule has 0 fully saturated rings. The summed E-state index contributed by atoms with van der Waals surface area (Å²) in [4.78, 5) is 22.6. The van der Waals surface area contributed by atoms with Crippen LogP contribution in [-0.2, 0) is 19.1 Å². The van der Waals surface area contributed by atoms with E-state index in [0.717, 1.165) is 0 Å². The number of nitrogens with one attached hydrogen (secondary N) is 1. The topological polar surface area (TPSA) is 90.6 Å². The molecule has 0 saturated heterocycles. The van der Waals surface area contributed by atoms with Crippen LogP contribution in [0.2, 0.25) is 0 Å². The van der Waals surface area contributed by atoms with Gasteiger partial charge in [0.2, 0.25) is 6.04 Å². The van der Waals surface area contributed by atoms with Crippen LogP contribution in [0.15, 0.2) is 12.4 Å². The molecule has 0 amide bonds.